The average molecular weight is 351 g/mol. The zero-order valence-electron chi connectivity index (χ0n) is 15.2. The van der Waals surface area contributed by atoms with E-state index >= 15 is 0 Å². The van der Waals surface area contributed by atoms with Crippen LogP contribution in [0.15, 0.2) is 18.2 Å². The van der Waals surface area contributed by atoms with Crippen molar-refractivity contribution in [2.45, 2.75) is 65.1 Å². The van der Waals surface area contributed by atoms with E-state index in [1.807, 2.05) is 13.0 Å². The van der Waals surface area contributed by atoms with Crippen molar-refractivity contribution in [3.05, 3.63) is 23.8 Å². The van der Waals surface area contributed by atoms with Crippen molar-refractivity contribution in [1.29, 1.82) is 0 Å². The molecule has 1 aromatic rings. The van der Waals surface area contributed by atoms with Crippen LogP contribution in [0.5, 0.6) is 11.5 Å². The first kappa shape index (κ1) is 19.1. The molecule has 1 atom stereocenters. The van der Waals surface area contributed by atoms with E-state index in [0.717, 1.165) is 5.56 Å². The highest BCUT2D eigenvalue weighted by atomic mass is 16.8. The fourth-order valence-corrected chi connectivity index (χ4v) is 2.38. The molecule has 0 spiro atoms. The summed E-state index contributed by atoms with van der Waals surface area (Å²) in [6.07, 6.45) is -0.266. The van der Waals surface area contributed by atoms with Gasteiger partial charge in [-0.3, -0.25) is 0 Å². The predicted molar refractivity (Wildman–Crippen MR) is 90.2 cm³/mol. The molecule has 0 aromatic heterocycles. The van der Waals surface area contributed by atoms with E-state index in [4.69, 9.17) is 24.7 Å². The molecule has 1 aliphatic heterocycles. The van der Waals surface area contributed by atoms with Crippen LogP contribution in [0.3, 0.4) is 0 Å². The first-order chi connectivity index (χ1) is 11.6. The van der Waals surface area contributed by atoms with Gasteiger partial charge in [0.2, 0.25) is 0 Å². The zero-order valence-corrected chi connectivity index (χ0v) is 15.2. The van der Waals surface area contributed by atoms with Gasteiger partial charge in [0, 0.05) is 6.04 Å². The Balaban J connectivity index is 2.34. The second-order valence-electron chi connectivity index (χ2n) is 6.69. The maximum absolute atomic E-state index is 12.5. The van der Waals surface area contributed by atoms with Crippen molar-refractivity contribution in [1.82, 2.24) is 0 Å². The van der Waals surface area contributed by atoms with Crippen molar-refractivity contribution >= 4 is 11.9 Å². The molecule has 2 N–H and O–H groups in total. The van der Waals surface area contributed by atoms with Crippen LogP contribution >= 0.6 is 0 Å². The topological polar surface area (TPSA) is 97.1 Å². The molecule has 0 bridgehead atoms. The molecule has 2 rings (SSSR count). The van der Waals surface area contributed by atoms with Crippen molar-refractivity contribution in [3.8, 4) is 11.5 Å². The lowest BCUT2D eigenvalue weighted by Gasteiger charge is -2.25. The molecule has 0 radical (unpaired) electrons. The van der Waals surface area contributed by atoms with Crippen LogP contribution in [0.2, 0.25) is 0 Å². The minimum atomic E-state index is -2.29. The molecule has 0 aliphatic carbocycles. The number of carbonyl (C=O) groups excluding carboxylic acids is 2. The maximum atomic E-state index is 12.5. The highest BCUT2D eigenvalue weighted by molar-refractivity contribution is 6.03. The third kappa shape index (κ3) is 4.22. The normalized spacial score (nSPS) is 16.0. The Kier molecular flexibility index (Phi) is 5.57. The monoisotopic (exact) mass is 351 g/mol. The maximum Gasteiger partial charge on any atom is 0.453 e. The summed E-state index contributed by atoms with van der Waals surface area (Å²) in [7, 11) is 0. The standard InChI is InChI=1S/C18H25NO6/c1-10(2)22-16(20)18(17(21)23-11(3)4)24-14-7-6-13(8-12(5)19)9-15(14)25-18/h6-7,9-12H,8,19H2,1-5H3. The summed E-state index contributed by atoms with van der Waals surface area (Å²) in [6, 6.07) is 5.11. The molecular weight excluding hydrogens is 326 g/mol. The summed E-state index contributed by atoms with van der Waals surface area (Å²) in [4.78, 5) is 25.1. The lowest BCUT2D eigenvalue weighted by molar-refractivity contribution is -0.207. The summed E-state index contributed by atoms with van der Waals surface area (Å²) in [5.41, 5.74) is 6.71. The molecule has 1 unspecified atom stereocenters. The van der Waals surface area contributed by atoms with E-state index in [9.17, 15) is 9.59 Å². The van der Waals surface area contributed by atoms with E-state index in [0.29, 0.717) is 6.42 Å². The van der Waals surface area contributed by atoms with Gasteiger partial charge in [-0.05, 0) is 58.7 Å². The van der Waals surface area contributed by atoms with Gasteiger partial charge in [-0.15, -0.1) is 0 Å². The van der Waals surface area contributed by atoms with Crippen molar-refractivity contribution in [2.75, 3.05) is 0 Å². The molecule has 7 nitrogen and oxygen atoms in total. The smallest absolute Gasteiger partial charge is 0.453 e. The van der Waals surface area contributed by atoms with Gasteiger partial charge in [0.15, 0.2) is 11.5 Å². The summed E-state index contributed by atoms with van der Waals surface area (Å²) < 4.78 is 21.5. The summed E-state index contributed by atoms with van der Waals surface area (Å²) in [6.45, 7) is 8.56. The molecule has 7 heteroatoms. The van der Waals surface area contributed by atoms with E-state index in [1.54, 1.807) is 39.8 Å². The molecule has 0 amide bonds. The number of rotatable bonds is 6. The van der Waals surface area contributed by atoms with Gasteiger partial charge >= 0.3 is 17.7 Å². The average Bonchev–Trinajstić information content (AvgIpc) is 2.85. The summed E-state index contributed by atoms with van der Waals surface area (Å²) in [5, 5.41) is 0. The fraction of sp³-hybridized carbons (Fsp3) is 0.556. The highest BCUT2D eigenvalue weighted by Crippen LogP contribution is 2.41. The van der Waals surface area contributed by atoms with E-state index in [2.05, 4.69) is 0 Å². The van der Waals surface area contributed by atoms with Gasteiger partial charge in [-0.2, -0.15) is 0 Å². The Morgan fingerprint density at radius 1 is 1.00 bits per heavy atom. The second-order valence-corrected chi connectivity index (χ2v) is 6.69. The van der Waals surface area contributed by atoms with Crippen molar-refractivity contribution < 1.29 is 28.5 Å². The summed E-state index contributed by atoms with van der Waals surface area (Å²) >= 11 is 0. The first-order valence-corrected chi connectivity index (χ1v) is 8.32. The van der Waals surface area contributed by atoms with E-state index in [1.165, 1.54) is 0 Å². The first-order valence-electron chi connectivity index (χ1n) is 8.32. The fourth-order valence-electron chi connectivity index (χ4n) is 2.38. The number of hydrogen-bond acceptors (Lipinski definition) is 7. The van der Waals surface area contributed by atoms with Gasteiger partial charge in [0.05, 0.1) is 12.2 Å². The van der Waals surface area contributed by atoms with Crippen LogP contribution in [0.4, 0.5) is 0 Å². The van der Waals surface area contributed by atoms with Gasteiger partial charge in [0.25, 0.3) is 0 Å². The third-order valence-electron chi connectivity index (χ3n) is 3.30. The third-order valence-corrected chi connectivity index (χ3v) is 3.30. The number of hydrogen-bond donors (Lipinski definition) is 1. The van der Waals surface area contributed by atoms with Crippen molar-refractivity contribution in [2.24, 2.45) is 5.73 Å². The Labute approximate surface area is 147 Å². The molecule has 138 valence electrons. The quantitative estimate of drug-likeness (QED) is 0.618. The lowest BCUT2D eigenvalue weighted by atomic mass is 10.1. The number of benzene rings is 1. The van der Waals surface area contributed by atoms with E-state index in [-0.39, 0.29) is 17.5 Å². The van der Waals surface area contributed by atoms with Crippen LogP contribution in [0.1, 0.15) is 40.2 Å². The number of fused-ring (bicyclic) bond motifs is 1. The SMILES string of the molecule is CC(N)Cc1ccc2c(c1)OC(C(=O)OC(C)C)(C(=O)OC(C)C)O2. The van der Waals surface area contributed by atoms with E-state index < -0.39 is 29.9 Å². The molecule has 1 aromatic carbocycles. The zero-order chi connectivity index (χ0) is 18.8. The minimum Gasteiger partial charge on any atom is -0.457 e. The Hall–Kier alpha value is -2.28. The van der Waals surface area contributed by atoms with Gasteiger partial charge in [0.1, 0.15) is 0 Å². The minimum absolute atomic E-state index is 0.0399. The largest absolute Gasteiger partial charge is 0.457 e. The molecule has 25 heavy (non-hydrogen) atoms. The van der Waals surface area contributed by atoms with Crippen LogP contribution < -0.4 is 15.2 Å². The highest BCUT2D eigenvalue weighted by Gasteiger charge is 2.60. The molecule has 1 heterocycles. The summed E-state index contributed by atoms with van der Waals surface area (Å²) in [5.74, 6) is -3.63. The van der Waals surface area contributed by atoms with Crippen LogP contribution in [0, 0.1) is 0 Å². The number of nitrogens with two attached hydrogens (primary N) is 1. The molecule has 0 fully saturated rings. The molecule has 0 saturated carbocycles. The molecule has 1 aliphatic rings. The van der Waals surface area contributed by atoms with Gasteiger partial charge in [-0.1, -0.05) is 6.07 Å². The molecular formula is C18H25NO6. The Morgan fingerprint density at radius 3 is 2.00 bits per heavy atom. The van der Waals surface area contributed by atoms with Gasteiger partial charge < -0.3 is 24.7 Å². The second kappa shape index (κ2) is 7.31. The van der Waals surface area contributed by atoms with Crippen LogP contribution in [-0.2, 0) is 25.5 Å². The lowest BCUT2D eigenvalue weighted by Crippen LogP contribution is -2.56. The predicted octanol–water partition coefficient (Wildman–Crippen LogP) is 1.95. The Bertz CT molecular complexity index is 631. The number of carbonyl (C=O) groups is 2. The van der Waals surface area contributed by atoms with Crippen LogP contribution in [-0.4, -0.2) is 36.0 Å². The number of ether oxygens (including phenoxy) is 4. The van der Waals surface area contributed by atoms with Crippen LogP contribution in [0.25, 0.3) is 0 Å². The van der Waals surface area contributed by atoms with Crippen molar-refractivity contribution in [3.63, 3.8) is 0 Å². The number of esters is 2. The molecule has 0 saturated heterocycles. The Morgan fingerprint density at radius 2 is 1.52 bits per heavy atom. The van der Waals surface area contributed by atoms with Gasteiger partial charge in [-0.25, -0.2) is 9.59 Å².